The van der Waals surface area contributed by atoms with Crippen LogP contribution in [0.5, 0.6) is 0 Å². The number of thiophene rings is 1. The highest BCUT2D eigenvalue weighted by Gasteiger charge is 2.21. The molecule has 0 aromatic carbocycles. The summed E-state index contributed by atoms with van der Waals surface area (Å²) >= 11 is 1.60. The van der Waals surface area contributed by atoms with E-state index < -0.39 is 0 Å². The Bertz CT molecular complexity index is 572. The lowest BCUT2D eigenvalue weighted by Crippen LogP contribution is -2.25. The van der Waals surface area contributed by atoms with Crippen molar-refractivity contribution in [1.82, 2.24) is 20.4 Å². The van der Waals surface area contributed by atoms with E-state index in [1.165, 1.54) is 11.3 Å². The minimum Gasteiger partial charge on any atom is -0.335 e. The molecule has 106 valence electrons. The predicted molar refractivity (Wildman–Crippen MR) is 78.7 cm³/mol. The smallest absolute Gasteiger partial charge is 0.264 e. The summed E-state index contributed by atoms with van der Waals surface area (Å²) in [6, 6.07) is 6.32. The van der Waals surface area contributed by atoms with Crippen LogP contribution in [0.4, 0.5) is 0 Å². The fraction of sp³-hybridized carbons (Fsp3) is 0.429. The number of aromatic nitrogens is 2. The Morgan fingerprint density at radius 3 is 3.10 bits per heavy atom. The summed E-state index contributed by atoms with van der Waals surface area (Å²) in [5.74, 6) is 0.0637. The molecule has 1 amide bonds. The number of nitrogens with one attached hydrogen (secondary N) is 2. The summed E-state index contributed by atoms with van der Waals surface area (Å²) < 4.78 is 0. The SMILES string of the molecule is CN(Cc1ccn[nH]1)C(=O)c1ccc([C@H]2CCCN2)s1. The Hall–Kier alpha value is -1.66. The summed E-state index contributed by atoms with van der Waals surface area (Å²) in [6.45, 7) is 1.62. The molecule has 6 heteroatoms. The lowest BCUT2D eigenvalue weighted by atomic mass is 10.2. The van der Waals surface area contributed by atoms with E-state index in [9.17, 15) is 4.79 Å². The van der Waals surface area contributed by atoms with Crippen LogP contribution in [0.3, 0.4) is 0 Å². The van der Waals surface area contributed by atoms with E-state index in [0.717, 1.165) is 23.5 Å². The van der Waals surface area contributed by atoms with E-state index in [4.69, 9.17) is 0 Å². The van der Waals surface area contributed by atoms with Crippen LogP contribution in [0.1, 0.15) is 39.1 Å². The monoisotopic (exact) mass is 290 g/mol. The highest BCUT2D eigenvalue weighted by molar-refractivity contribution is 7.14. The van der Waals surface area contributed by atoms with E-state index in [1.54, 1.807) is 22.4 Å². The quantitative estimate of drug-likeness (QED) is 0.907. The average molecular weight is 290 g/mol. The molecule has 2 aromatic rings. The highest BCUT2D eigenvalue weighted by Crippen LogP contribution is 2.29. The van der Waals surface area contributed by atoms with Gasteiger partial charge in [0.15, 0.2) is 0 Å². The first-order chi connectivity index (χ1) is 9.74. The zero-order valence-corrected chi connectivity index (χ0v) is 12.2. The van der Waals surface area contributed by atoms with Crippen molar-refractivity contribution in [2.24, 2.45) is 0 Å². The molecule has 1 aliphatic rings. The molecule has 3 heterocycles. The number of aromatic amines is 1. The molecule has 1 fully saturated rings. The van der Waals surface area contributed by atoms with Crippen molar-refractivity contribution in [2.45, 2.75) is 25.4 Å². The Kier molecular flexibility index (Phi) is 3.84. The minimum absolute atomic E-state index is 0.0637. The van der Waals surface area contributed by atoms with Gasteiger partial charge in [0.1, 0.15) is 0 Å². The molecule has 0 unspecified atom stereocenters. The van der Waals surface area contributed by atoms with Crippen LogP contribution in [0.2, 0.25) is 0 Å². The minimum atomic E-state index is 0.0637. The normalized spacial score (nSPS) is 18.4. The number of hydrogen-bond donors (Lipinski definition) is 2. The number of carbonyl (C=O) groups excluding carboxylic acids is 1. The second-order valence-electron chi connectivity index (χ2n) is 5.09. The number of amides is 1. The fourth-order valence-electron chi connectivity index (χ4n) is 2.47. The van der Waals surface area contributed by atoms with Crippen LogP contribution in [-0.2, 0) is 6.54 Å². The predicted octanol–water partition coefficient (Wildman–Crippen LogP) is 2.17. The first-order valence-electron chi connectivity index (χ1n) is 6.81. The van der Waals surface area contributed by atoms with Crippen molar-refractivity contribution >= 4 is 17.2 Å². The largest absolute Gasteiger partial charge is 0.335 e. The second kappa shape index (κ2) is 5.76. The summed E-state index contributed by atoms with van der Waals surface area (Å²) in [4.78, 5) is 16.2. The first kappa shape index (κ1) is 13.3. The Labute approximate surface area is 122 Å². The fourth-order valence-corrected chi connectivity index (χ4v) is 3.58. The van der Waals surface area contributed by atoms with Gasteiger partial charge in [-0.05, 0) is 37.6 Å². The molecular weight excluding hydrogens is 272 g/mol. The van der Waals surface area contributed by atoms with Gasteiger partial charge >= 0.3 is 0 Å². The zero-order valence-electron chi connectivity index (χ0n) is 11.4. The molecule has 2 N–H and O–H groups in total. The molecule has 0 radical (unpaired) electrons. The van der Waals surface area contributed by atoms with Gasteiger partial charge in [-0.3, -0.25) is 9.89 Å². The molecule has 0 saturated carbocycles. The van der Waals surface area contributed by atoms with Crippen molar-refractivity contribution in [3.8, 4) is 0 Å². The van der Waals surface area contributed by atoms with Crippen LogP contribution < -0.4 is 5.32 Å². The van der Waals surface area contributed by atoms with Crippen molar-refractivity contribution < 1.29 is 4.79 Å². The Morgan fingerprint density at radius 2 is 2.40 bits per heavy atom. The molecule has 3 rings (SSSR count). The van der Waals surface area contributed by atoms with Gasteiger partial charge in [0, 0.05) is 24.2 Å². The van der Waals surface area contributed by atoms with Gasteiger partial charge in [0.05, 0.1) is 17.1 Å². The zero-order chi connectivity index (χ0) is 13.9. The van der Waals surface area contributed by atoms with Crippen LogP contribution in [0.25, 0.3) is 0 Å². The molecule has 20 heavy (non-hydrogen) atoms. The topological polar surface area (TPSA) is 61.0 Å². The van der Waals surface area contributed by atoms with Crippen LogP contribution >= 0.6 is 11.3 Å². The molecule has 0 aliphatic carbocycles. The maximum atomic E-state index is 12.4. The van der Waals surface area contributed by atoms with Gasteiger partial charge < -0.3 is 10.2 Å². The van der Waals surface area contributed by atoms with Crippen LogP contribution in [-0.4, -0.2) is 34.6 Å². The number of carbonyl (C=O) groups is 1. The maximum absolute atomic E-state index is 12.4. The van der Waals surface area contributed by atoms with E-state index in [1.807, 2.05) is 19.2 Å². The number of H-pyrrole nitrogens is 1. The molecule has 0 spiro atoms. The first-order valence-corrected chi connectivity index (χ1v) is 7.62. The van der Waals surface area contributed by atoms with Gasteiger partial charge in [0.2, 0.25) is 0 Å². The summed E-state index contributed by atoms with van der Waals surface area (Å²) in [5, 5.41) is 10.2. The standard InChI is InChI=1S/C14H18N4OS/c1-18(9-10-6-8-16-17-10)14(19)13-5-4-12(20-13)11-3-2-7-15-11/h4-6,8,11,15H,2-3,7,9H2,1H3,(H,16,17)/t11-/m1/s1. The van der Waals surface area contributed by atoms with E-state index in [2.05, 4.69) is 21.6 Å². The molecule has 2 aromatic heterocycles. The van der Waals surface area contributed by atoms with Gasteiger partial charge in [-0.25, -0.2) is 0 Å². The molecule has 1 atom stereocenters. The van der Waals surface area contributed by atoms with Crippen molar-refractivity contribution in [1.29, 1.82) is 0 Å². The summed E-state index contributed by atoms with van der Waals surface area (Å²) in [6.07, 6.45) is 4.08. The third-order valence-electron chi connectivity index (χ3n) is 3.55. The molecule has 1 aliphatic heterocycles. The van der Waals surface area contributed by atoms with E-state index in [0.29, 0.717) is 12.6 Å². The lowest BCUT2D eigenvalue weighted by Gasteiger charge is -2.15. The Balaban J connectivity index is 1.67. The Morgan fingerprint density at radius 1 is 1.50 bits per heavy atom. The third kappa shape index (κ3) is 2.76. The number of rotatable bonds is 4. The van der Waals surface area contributed by atoms with Crippen molar-refractivity contribution in [2.75, 3.05) is 13.6 Å². The van der Waals surface area contributed by atoms with Gasteiger partial charge in [0.25, 0.3) is 5.91 Å². The maximum Gasteiger partial charge on any atom is 0.264 e. The number of nitrogens with zero attached hydrogens (tertiary/aromatic N) is 2. The molecule has 5 nitrogen and oxygen atoms in total. The van der Waals surface area contributed by atoms with Crippen molar-refractivity contribution in [3.63, 3.8) is 0 Å². The lowest BCUT2D eigenvalue weighted by molar-refractivity contribution is 0.0788. The van der Waals surface area contributed by atoms with E-state index >= 15 is 0 Å². The number of hydrogen-bond acceptors (Lipinski definition) is 4. The summed E-state index contributed by atoms with van der Waals surface area (Å²) in [7, 11) is 1.82. The molecule has 0 bridgehead atoms. The average Bonchev–Trinajstić information content (AvgIpc) is 3.18. The summed E-state index contributed by atoms with van der Waals surface area (Å²) in [5.41, 5.74) is 0.940. The van der Waals surface area contributed by atoms with Gasteiger partial charge in [-0.2, -0.15) is 5.10 Å². The highest BCUT2D eigenvalue weighted by atomic mass is 32.1. The van der Waals surface area contributed by atoms with Crippen molar-refractivity contribution in [3.05, 3.63) is 39.8 Å². The molecule has 1 saturated heterocycles. The van der Waals surface area contributed by atoms with Gasteiger partial charge in [-0.15, -0.1) is 11.3 Å². The van der Waals surface area contributed by atoms with E-state index in [-0.39, 0.29) is 5.91 Å². The second-order valence-corrected chi connectivity index (χ2v) is 6.21. The third-order valence-corrected chi connectivity index (χ3v) is 4.74. The van der Waals surface area contributed by atoms with Crippen LogP contribution in [0, 0.1) is 0 Å². The van der Waals surface area contributed by atoms with Crippen LogP contribution in [0.15, 0.2) is 24.4 Å². The van der Waals surface area contributed by atoms with Gasteiger partial charge in [-0.1, -0.05) is 0 Å². The molecular formula is C14H18N4OS.